The van der Waals surface area contributed by atoms with Crippen LogP contribution < -0.4 is 5.32 Å². The van der Waals surface area contributed by atoms with Crippen LogP contribution in [0.25, 0.3) is 22.6 Å². The fourth-order valence-corrected chi connectivity index (χ4v) is 5.45. The average Bonchev–Trinajstić information content (AvgIpc) is 3.53. The quantitative estimate of drug-likeness (QED) is 0.498. The number of aryl methyl sites for hydroxylation is 1. The number of rotatable bonds is 5. The first kappa shape index (κ1) is 20.5. The van der Waals surface area contributed by atoms with Crippen LogP contribution in [-0.2, 0) is 17.1 Å². The van der Waals surface area contributed by atoms with E-state index in [-0.39, 0.29) is 16.5 Å². The molecular weight excluding hydrogens is 428 g/mol. The SMILES string of the molecule is Cn1cc(S(=O)(=O)N2CCCC2)cc1C(=O)Nc1ccc(-c2nc3ccccc3o2)cc1. The Balaban J connectivity index is 1.33. The Bertz CT molecular complexity index is 1360. The summed E-state index contributed by atoms with van der Waals surface area (Å²) < 4.78 is 34.3. The number of oxazole rings is 1. The monoisotopic (exact) mass is 450 g/mol. The van der Waals surface area contributed by atoms with Crippen LogP contribution in [-0.4, -0.2) is 41.3 Å². The average molecular weight is 451 g/mol. The molecule has 1 N–H and O–H groups in total. The normalized spacial score (nSPS) is 14.8. The number of anilines is 1. The molecule has 3 heterocycles. The third-order valence-electron chi connectivity index (χ3n) is 5.60. The lowest BCUT2D eigenvalue weighted by atomic mass is 10.2. The van der Waals surface area contributed by atoms with E-state index >= 15 is 0 Å². The third-order valence-corrected chi connectivity index (χ3v) is 7.46. The minimum absolute atomic E-state index is 0.137. The molecule has 0 aliphatic carbocycles. The number of amides is 1. The smallest absolute Gasteiger partial charge is 0.272 e. The molecule has 0 spiro atoms. The van der Waals surface area contributed by atoms with Gasteiger partial charge in [0.15, 0.2) is 5.58 Å². The molecule has 2 aromatic heterocycles. The molecule has 8 nitrogen and oxygen atoms in total. The molecule has 32 heavy (non-hydrogen) atoms. The van der Waals surface area contributed by atoms with Gasteiger partial charge in [-0.1, -0.05) is 12.1 Å². The molecule has 164 valence electrons. The van der Waals surface area contributed by atoms with Crippen molar-refractivity contribution in [3.05, 3.63) is 66.5 Å². The summed E-state index contributed by atoms with van der Waals surface area (Å²) in [4.78, 5) is 17.4. The Hall–Kier alpha value is -3.43. The fourth-order valence-electron chi connectivity index (χ4n) is 3.87. The first-order valence-corrected chi connectivity index (χ1v) is 11.8. The van der Waals surface area contributed by atoms with E-state index < -0.39 is 10.0 Å². The Morgan fingerprint density at radius 2 is 1.78 bits per heavy atom. The zero-order valence-electron chi connectivity index (χ0n) is 17.5. The van der Waals surface area contributed by atoms with Crippen molar-refractivity contribution in [1.82, 2.24) is 13.9 Å². The van der Waals surface area contributed by atoms with E-state index in [0.717, 1.165) is 23.9 Å². The van der Waals surface area contributed by atoms with E-state index in [4.69, 9.17) is 4.42 Å². The van der Waals surface area contributed by atoms with Crippen molar-refractivity contribution in [3.63, 3.8) is 0 Å². The molecule has 0 saturated carbocycles. The molecule has 0 bridgehead atoms. The van der Waals surface area contributed by atoms with Gasteiger partial charge < -0.3 is 14.3 Å². The van der Waals surface area contributed by atoms with Gasteiger partial charge in [0.2, 0.25) is 15.9 Å². The van der Waals surface area contributed by atoms with Crippen LogP contribution in [0.15, 0.2) is 70.1 Å². The van der Waals surface area contributed by atoms with Gasteiger partial charge in [-0.05, 0) is 55.3 Å². The zero-order valence-corrected chi connectivity index (χ0v) is 18.3. The molecule has 0 unspecified atom stereocenters. The lowest BCUT2D eigenvalue weighted by Crippen LogP contribution is -2.27. The van der Waals surface area contributed by atoms with Gasteiger partial charge in [-0.25, -0.2) is 13.4 Å². The highest BCUT2D eigenvalue weighted by Gasteiger charge is 2.29. The van der Waals surface area contributed by atoms with Crippen molar-refractivity contribution in [2.24, 2.45) is 7.05 Å². The van der Waals surface area contributed by atoms with Crippen LogP contribution in [0, 0.1) is 0 Å². The summed E-state index contributed by atoms with van der Waals surface area (Å²) in [6, 6.07) is 16.1. The number of sulfonamides is 1. The van der Waals surface area contributed by atoms with Crippen LogP contribution in [0.1, 0.15) is 23.3 Å². The van der Waals surface area contributed by atoms with Gasteiger partial charge >= 0.3 is 0 Å². The molecule has 2 aromatic carbocycles. The van der Waals surface area contributed by atoms with Crippen LogP contribution in [0.2, 0.25) is 0 Å². The molecule has 1 amide bonds. The van der Waals surface area contributed by atoms with Crippen LogP contribution in [0.5, 0.6) is 0 Å². The summed E-state index contributed by atoms with van der Waals surface area (Å²) in [5, 5.41) is 2.82. The number of fused-ring (bicyclic) bond motifs is 1. The van der Waals surface area contributed by atoms with Crippen molar-refractivity contribution in [1.29, 1.82) is 0 Å². The summed E-state index contributed by atoms with van der Waals surface area (Å²) >= 11 is 0. The number of para-hydroxylation sites is 2. The zero-order chi connectivity index (χ0) is 22.3. The molecular formula is C23H22N4O4S. The third kappa shape index (κ3) is 3.69. The van der Waals surface area contributed by atoms with Gasteiger partial charge in [-0.3, -0.25) is 4.79 Å². The predicted octanol–water partition coefficient (Wildman–Crippen LogP) is 3.87. The lowest BCUT2D eigenvalue weighted by Gasteiger charge is -2.13. The number of carbonyl (C=O) groups excluding carboxylic acids is 1. The second kappa shape index (κ2) is 7.92. The number of nitrogens with zero attached hydrogens (tertiary/aromatic N) is 3. The molecule has 4 aromatic rings. The second-order valence-electron chi connectivity index (χ2n) is 7.80. The standard InChI is InChI=1S/C23H22N4O4S/c1-26-15-18(32(29,30)27-12-4-5-13-27)14-20(26)22(28)24-17-10-8-16(9-11-17)23-25-19-6-2-3-7-21(19)31-23/h2-3,6-11,14-15H,4-5,12-13H2,1H3,(H,24,28). The molecule has 1 aliphatic rings. The molecule has 0 radical (unpaired) electrons. The molecule has 5 rings (SSSR count). The van der Waals surface area contributed by atoms with Gasteiger partial charge in [-0.2, -0.15) is 4.31 Å². The van der Waals surface area contributed by atoms with E-state index in [1.807, 2.05) is 36.4 Å². The lowest BCUT2D eigenvalue weighted by molar-refractivity contribution is 0.101. The summed E-state index contributed by atoms with van der Waals surface area (Å²) in [5.41, 5.74) is 3.13. The second-order valence-corrected chi connectivity index (χ2v) is 9.74. The fraction of sp³-hybridized carbons (Fsp3) is 0.217. The van der Waals surface area contributed by atoms with Gasteiger partial charge in [0.1, 0.15) is 16.1 Å². The molecule has 0 atom stereocenters. The van der Waals surface area contributed by atoms with Crippen molar-refractivity contribution >= 4 is 32.7 Å². The minimum atomic E-state index is -3.58. The van der Waals surface area contributed by atoms with E-state index in [1.165, 1.54) is 21.1 Å². The van der Waals surface area contributed by atoms with E-state index in [2.05, 4.69) is 10.3 Å². The van der Waals surface area contributed by atoms with Crippen molar-refractivity contribution < 1.29 is 17.6 Å². The van der Waals surface area contributed by atoms with Crippen LogP contribution in [0.4, 0.5) is 5.69 Å². The first-order valence-electron chi connectivity index (χ1n) is 10.4. The number of nitrogens with one attached hydrogen (secondary N) is 1. The molecule has 1 saturated heterocycles. The number of hydrogen-bond donors (Lipinski definition) is 1. The molecule has 9 heteroatoms. The van der Waals surface area contributed by atoms with Crippen molar-refractivity contribution in [2.45, 2.75) is 17.7 Å². The summed E-state index contributed by atoms with van der Waals surface area (Å²) in [6.45, 7) is 1.04. The predicted molar refractivity (Wildman–Crippen MR) is 121 cm³/mol. The highest BCUT2D eigenvalue weighted by Crippen LogP contribution is 2.26. The maximum atomic E-state index is 12.8. The summed E-state index contributed by atoms with van der Waals surface area (Å²) in [6.07, 6.45) is 3.21. The maximum Gasteiger partial charge on any atom is 0.272 e. The highest BCUT2D eigenvalue weighted by atomic mass is 32.2. The molecule has 1 fully saturated rings. The largest absolute Gasteiger partial charge is 0.436 e. The van der Waals surface area contributed by atoms with E-state index in [0.29, 0.717) is 30.3 Å². The minimum Gasteiger partial charge on any atom is -0.436 e. The van der Waals surface area contributed by atoms with Crippen molar-refractivity contribution in [3.8, 4) is 11.5 Å². The number of benzene rings is 2. The number of hydrogen-bond acceptors (Lipinski definition) is 5. The Kier molecular flexibility index (Phi) is 5.07. The van der Waals surface area contributed by atoms with Crippen LogP contribution >= 0.6 is 0 Å². The van der Waals surface area contributed by atoms with Crippen molar-refractivity contribution in [2.75, 3.05) is 18.4 Å². The first-order chi connectivity index (χ1) is 15.4. The van der Waals surface area contributed by atoms with E-state index in [1.54, 1.807) is 19.2 Å². The van der Waals surface area contributed by atoms with E-state index in [9.17, 15) is 13.2 Å². The van der Waals surface area contributed by atoms with Gasteiger partial charge in [0.25, 0.3) is 5.91 Å². The Morgan fingerprint density at radius 3 is 2.50 bits per heavy atom. The van der Waals surface area contributed by atoms with Gasteiger partial charge in [0, 0.05) is 37.6 Å². The Morgan fingerprint density at radius 1 is 1.06 bits per heavy atom. The summed E-state index contributed by atoms with van der Waals surface area (Å²) in [7, 11) is -1.92. The summed E-state index contributed by atoms with van der Waals surface area (Å²) in [5.74, 6) is 0.119. The Labute approximate surface area is 185 Å². The van der Waals surface area contributed by atoms with Crippen LogP contribution in [0.3, 0.4) is 0 Å². The molecule has 1 aliphatic heterocycles. The van der Waals surface area contributed by atoms with Gasteiger partial charge in [-0.15, -0.1) is 0 Å². The number of aromatic nitrogens is 2. The number of carbonyl (C=O) groups is 1. The topological polar surface area (TPSA) is 97.4 Å². The maximum absolute atomic E-state index is 12.8. The highest BCUT2D eigenvalue weighted by molar-refractivity contribution is 7.89. The van der Waals surface area contributed by atoms with Gasteiger partial charge in [0.05, 0.1) is 0 Å².